The van der Waals surface area contributed by atoms with Gasteiger partial charge in [-0.2, -0.15) is 4.39 Å². The van der Waals surface area contributed by atoms with Crippen molar-refractivity contribution in [1.82, 2.24) is 0 Å². The average Bonchev–Trinajstić information content (AvgIpc) is 2.34. The molecule has 0 fully saturated rings. The minimum Gasteiger partial charge on any atom is -0.289 e. The molecule has 108 valence electrons. The van der Waals surface area contributed by atoms with Gasteiger partial charge in [-0.05, 0) is 12.1 Å². The van der Waals surface area contributed by atoms with E-state index in [0.29, 0.717) is 0 Å². The number of allylic oxidation sites excluding steroid dienone is 1. The molecule has 0 aromatic heterocycles. The van der Waals surface area contributed by atoms with Crippen LogP contribution in [0.4, 0.5) is 10.1 Å². The van der Waals surface area contributed by atoms with Crippen LogP contribution >= 0.6 is 0 Å². The number of rotatable bonds is 5. The molecule has 0 spiro atoms. The highest BCUT2D eigenvalue weighted by molar-refractivity contribution is 8.07. The molecule has 9 heteroatoms. The van der Waals surface area contributed by atoms with Crippen LogP contribution in [-0.2, 0) is 21.6 Å². The Kier molecular flexibility index (Phi) is 5.40. The van der Waals surface area contributed by atoms with Crippen LogP contribution < -0.4 is 0 Å². The SMILES string of the molecule is CS(=O)C(=CC(=O)c1ccc(F)c([N+](=O)[O-])c1)S(C)=O. The third kappa shape index (κ3) is 3.87. The molecule has 0 aliphatic carbocycles. The molecule has 0 aliphatic rings. The lowest BCUT2D eigenvalue weighted by Crippen LogP contribution is -2.05. The number of hydrogen-bond acceptors (Lipinski definition) is 5. The lowest BCUT2D eigenvalue weighted by Gasteiger charge is -2.01. The standard InChI is InChI=1S/C11H10FNO5S2/c1-19(17)11(20(2)18)6-10(14)7-3-4-8(12)9(5-7)13(15)16/h3-6H,1-2H3. The predicted molar refractivity (Wildman–Crippen MR) is 73.6 cm³/mol. The van der Waals surface area contributed by atoms with E-state index in [-0.39, 0.29) is 9.80 Å². The second kappa shape index (κ2) is 6.62. The molecular formula is C11H10FNO5S2. The van der Waals surface area contributed by atoms with Gasteiger partial charge in [0.2, 0.25) is 5.82 Å². The number of benzene rings is 1. The number of carbonyl (C=O) groups is 1. The summed E-state index contributed by atoms with van der Waals surface area (Å²) in [7, 11) is -3.23. The second-order valence-corrected chi connectivity index (χ2v) is 6.61. The van der Waals surface area contributed by atoms with Crippen LogP contribution in [-0.4, -0.2) is 31.6 Å². The maximum Gasteiger partial charge on any atom is 0.305 e. The van der Waals surface area contributed by atoms with Gasteiger partial charge >= 0.3 is 5.69 Å². The van der Waals surface area contributed by atoms with Crippen LogP contribution in [0, 0.1) is 15.9 Å². The molecule has 20 heavy (non-hydrogen) atoms. The first-order valence-electron chi connectivity index (χ1n) is 5.11. The summed E-state index contributed by atoms with van der Waals surface area (Å²) in [6.45, 7) is 0. The number of nitro groups is 1. The summed E-state index contributed by atoms with van der Waals surface area (Å²) in [6.07, 6.45) is 3.41. The Bertz CT molecular complexity index is 640. The van der Waals surface area contributed by atoms with Crippen molar-refractivity contribution in [3.05, 3.63) is 50.0 Å². The van der Waals surface area contributed by atoms with Gasteiger partial charge < -0.3 is 0 Å². The highest BCUT2D eigenvalue weighted by Gasteiger charge is 2.18. The van der Waals surface area contributed by atoms with Gasteiger partial charge in [0.1, 0.15) is 4.24 Å². The molecule has 0 radical (unpaired) electrons. The van der Waals surface area contributed by atoms with Gasteiger partial charge in [0.15, 0.2) is 5.78 Å². The molecule has 0 saturated carbocycles. The lowest BCUT2D eigenvalue weighted by molar-refractivity contribution is -0.387. The number of nitrogens with zero attached hydrogens (tertiary/aromatic N) is 1. The maximum absolute atomic E-state index is 13.1. The van der Waals surface area contributed by atoms with Crippen molar-refractivity contribution in [2.45, 2.75) is 0 Å². The molecule has 0 saturated heterocycles. The largest absolute Gasteiger partial charge is 0.305 e. The maximum atomic E-state index is 13.1. The fraction of sp³-hybridized carbons (Fsp3) is 0.182. The molecular weight excluding hydrogens is 309 g/mol. The van der Waals surface area contributed by atoms with Crippen LogP contribution in [0.1, 0.15) is 10.4 Å². The molecule has 0 bridgehead atoms. The van der Waals surface area contributed by atoms with Crippen molar-refractivity contribution >= 4 is 33.1 Å². The van der Waals surface area contributed by atoms with Crippen LogP contribution in [0.25, 0.3) is 0 Å². The van der Waals surface area contributed by atoms with Gasteiger partial charge in [-0.25, -0.2) is 0 Å². The molecule has 2 unspecified atom stereocenters. The first-order valence-corrected chi connectivity index (χ1v) is 8.22. The molecule has 1 rings (SSSR count). The molecule has 0 heterocycles. The van der Waals surface area contributed by atoms with Gasteiger partial charge in [0, 0.05) is 30.2 Å². The third-order valence-corrected chi connectivity index (χ3v) is 5.02. The van der Waals surface area contributed by atoms with E-state index in [2.05, 4.69) is 0 Å². The monoisotopic (exact) mass is 319 g/mol. The fourth-order valence-electron chi connectivity index (χ4n) is 1.33. The minimum atomic E-state index is -1.61. The highest BCUT2D eigenvalue weighted by Crippen LogP contribution is 2.19. The van der Waals surface area contributed by atoms with E-state index in [1.807, 2.05) is 0 Å². The number of halogens is 1. The predicted octanol–water partition coefficient (Wildman–Crippen LogP) is 1.52. The second-order valence-electron chi connectivity index (χ2n) is 3.66. The Morgan fingerprint density at radius 1 is 1.30 bits per heavy atom. The van der Waals surface area contributed by atoms with E-state index in [0.717, 1.165) is 24.3 Å². The molecule has 1 aromatic carbocycles. The molecule has 0 aliphatic heterocycles. The molecule has 0 N–H and O–H groups in total. The normalized spacial score (nSPS) is 13.3. The zero-order chi connectivity index (χ0) is 15.4. The van der Waals surface area contributed by atoms with Crippen molar-refractivity contribution in [2.75, 3.05) is 12.5 Å². The highest BCUT2D eigenvalue weighted by atomic mass is 32.2. The van der Waals surface area contributed by atoms with Gasteiger partial charge in [-0.1, -0.05) is 0 Å². The summed E-state index contributed by atoms with van der Waals surface area (Å²) in [6, 6.07) is 2.64. The van der Waals surface area contributed by atoms with Gasteiger partial charge in [-0.15, -0.1) is 0 Å². The van der Waals surface area contributed by atoms with E-state index >= 15 is 0 Å². The van der Waals surface area contributed by atoms with Gasteiger partial charge in [-0.3, -0.25) is 23.3 Å². The first kappa shape index (κ1) is 16.3. The van der Waals surface area contributed by atoms with E-state index in [4.69, 9.17) is 0 Å². The Balaban J connectivity index is 3.25. The fourth-order valence-corrected chi connectivity index (χ4v) is 3.20. The van der Waals surface area contributed by atoms with E-state index in [9.17, 15) is 27.7 Å². The molecule has 0 amide bonds. The Hall–Kier alpha value is -1.74. The summed E-state index contributed by atoms with van der Waals surface area (Å²) < 4.78 is 35.7. The van der Waals surface area contributed by atoms with Gasteiger partial charge in [0.25, 0.3) is 0 Å². The molecule has 1 aromatic rings. The van der Waals surface area contributed by atoms with Crippen LogP contribution in [0.15, 0.2) is 28.5 Å². The van der Waals surface area contributed by atoms with Crippen LogP contribution in [0.3, 0.4) is 0 Å². The van der Waals surface area contributed by atoms with Crippen LogP contribution in [0.5, 0.6) is 0 Å². The van der Waals surface area contributed by atoms with Crippen molar-refractivity contribution in [1.29, 1.82) is 0 Å². The van der Waals surface area contributed by atoms with E-state index in [1.54, 1.807) is 0 Å². The summed E-state index contributed by atoms with van der Waals surface area (Å²) in [4.78, 5) is 21.5. The molecule has 2 atom stereocenters. The number of ketones is 1. The van der Waals surface area contributed by atoms with Gasteiger partial charge in [0.05, 0.1) is 26.5 Å². The zero-order valence-corrected chi connectivity index (χ0v) is 12.1. The average molecular weight is 319 g/mol. The van der Waals surface area contributed by atoms with Crippen LogP contribution in [0.2, 0.25) is 0 Å². The summed E-state index contributed by atoms with van der Waals surface area (Å²) in [5, 5.41) is 10.6. The topological polar surface area (TPSA) is 94.3 Å². The van der Waals surface area contributed by atoms with Crippen molar-refractivity contribution in [2.24, 2.45) is 0 Å². The number of hydrogen-bond donors (Lipinski definition) is 0. The number of nitro benzene ring substituents is 1. The molecule has 6 nitrogen and oxygen atoms in total. The first-order chi connectivity index (χ1) is 9.23. The Morgan fingerprint density at radius 3 is 2.30 bits per heavy atom. The van der Waals surface area contributed by atoms with E-state index < -0.39 is 43.8 Å². The minimum absolute atomic E-state index is 0.0954. The summed E-state index contributed by atoms with van der Waals surface area (Å²) in [5.41, 5.74) is -0.979. The third-order valence-electron chi connectivity index (χ3n) is 2.24. The lowest BCUT2D eigenvalue weighted by atomic mass is 10.1. The summed E-state index contributed by atoms with van der Waals surface area (Å²) in [5.74, 6) is -1.79. The Morgan fingerprint density at radius 2 is 1.85 bits per heavy atom. The Labute approximate surface area is 118 Å². The van der Waals surface area contributed by atoms with Crippen molar-refractivity contribution < 1.29 is 22.5 Å². The van der Waals surface area contributed by atoms with Crippen molar-refractivity contribution in [3.8, 4) is 0 Å². The zero-order valence-electron chi connectivity index (χ0n) is 10.5. The quantitative estimate of drug-likeness (QED) is 0.355. The number of carbonyl (C=O) groups excluding carboxylic acids is 1. The van der Waals surface area contributed by atoms with Crippen molar-refractivity contribution in [3.63, 3.8) is 0 Å². The summed E-state index contributed by atoms with van der Waals surface area (Å²) >= 11 is 0. The van der Waals surface area contributed by atoms with E-state index in [1.165, 1.54) is 12.5 Å². The smallest absolute Gasteiger partial charge is 0.289 e.